The van der Waals surface area contributed by atoms with Crippen molar-refractivity contribution in [3.05, 3.63) is 46.2 Å². The summed E-state index contributed by atoms with van der Waals surface area (Å²) in [6.07, 6.45) is 2.46. The van der Waals surface area contributed by atoms with E-state index in [0.29, 0.717) is 24.6 Å². The standard InChI is InChI=1S/C21H28N2O4S/c1-25-19-8-7-16(11-20(19)26-2)12-22-21(24)15-23(13-17-5-3-9-27-17)14-18-6-4-10-28-18/h4,6-8,10-11,17H,3,5,9,12-15H2,1-2H3,(H,22,24)/p+1/t17-/m0/s1. The van der Waals surface area contributed by atoms with Crippen LogP contribution in [0.4, 0.5) is 0 Å². The molecule has 3 rings (SSSR count). The molecule has 1 aliphatic heterocycles. The van der Waals surface area contributed by atoms with E-state index in [1.165, 1.54) is 9.78 Å². The summed E-state index contributed by atoms with van der Waals surface area (Å²) in [5, 5.41) is 5.11. The normalized spacial score (nSPS) is 17.3. The largest absolute Gasteiger partial charge is 0.493 e. The summed E-state index contributed by atoms with van der Waals surface area (Å²) in [6, 6.07) is 9.86. The molecule has 1 aliphatic rings. The van der Waals surface area contributed by atoms with E-state index in [0.717, 1.165) is 38.1 Å². The van der Waals surface area contributed by atoms with E-state index in [1.807, 2.05) is 18.2 Å². The van der Waals surface area contributed by atoms with E-state index in [-0.39, 0.29) is 12.0 Å². The van der Waals surface area contributed by atoms with Crippen LogP contribution in [-0.2, 0) is 22.6 Å². The van der Waals surface area contributed by atoms with Gasteiger partial charge in [0.2, 0.25) is 0 Å². The van der Waals surface area contributed by atoms with Gasteiger partial charge in [0.15, 0.2) is 18.0 Å². The Kier molecular flexibility index (Phi) is 7.71. The fraction of sp³-hybridized carbons (Fsp3) is 0.476. The fourth-order valence-electron chi connectivity index (χ4n) is 3.47. The molecular formula is C21H29N2O4S+. The Balaban J connectivity index is 1.55. The van der Waals surface area contributed by atoms with Gasteiger partial charge in [-0.1, -0.05) is 12.1 Å². The molecule has 1 unspecified atom stereocenters. The lowest BCUT2D eigenvalue weighted by atomic mass is 10.2. The van der Waals surface area contributed by atoms with Crippen LogP contribution >= 0.6 is 11.3 Å². The third-order valence-electron chi connectivity index (χ3n) is 4.89. The third kappa shape index (κ3) is 5.95. The Hall–Kier alpha value is -2.09. The summed E-state index contributed by atoms with van der Waals surface area (Å²) in [5.41, 5.74) is 0.977. The molecule has 2 N–H and O–H groups in total. The van der Waals surface area contributed by atoms with Gasteiger partial charge < -0.3 is 24.4 Å². The topological polar surface area (TPSA) is 61.2 Å². The number of hydrogen-bond acceptors (Lipinski definition) is 5. The average Bonchev–Trinajstić information content (AvgIpc) is 3.40. The molecule has 0 spiro atoms. The molecule has 0 aliphatic carbocycles. The third-order valence-corrected chi connectivity index (χ3v) is 5.77. The van der Waals surface area contributed by atoms with E-state index in [4.69, 9.17) is 14.2 Å². The van der Waals surface area contributed by atoms with Crippen molar-refractivity contribution in [1.29, 1.82) is 0 Å². The van der Waals surface area contributed by atoms with Gasteiger partial charge in [-0.2, -0.15) is 0 Å². The molecular weight excluding hydrogens is 376 g/mol. The lowest BCUT2D eigenvalue weighted by Crippen LogP contribution is -3.13. The van der Waals surface area contributed by atoms with E-state index >= 15 is 0 Å². The number of quaternary nitrogens is 1. The molecule has 0 radical (unpaired) electrons. The number of carbonyl (C=O) groups is 1. The number of rotatable bonds is 10. The van der Waals surface area contributed by atoms with E-state index < -0.39 is 0 Å². The highest BCUT2D eigenvalue weighted by Gasteiger charge is 2.24. The quantitative estimate of drug-likeness (QED) is 0.631. The molecule has 2 atom stereocenters. The van der Waals surface area contributed by atoms with Crippen LogP contribution < -0.4 is 19.7 Å². The smallest absolute Gasteiger partial charge is 0.275 e. The van der Waals surface area contributed by atoms with Crippen LogP contribution in [0.3, 0.4) is 0 Å². The minimum atomic E-state index is 0.0411. The number of nitrogens with one attached hydrogen (secondary N) is 2. The number of methoxy groups -OCH3 is 2. The predicted molar refractivity (Wildman–Crippen MR) is 109 cm³/mol. The molecule has 2 heterocycles. The van der Waals surface area contributed by atoms with Crippen LogP contribution in [0.25, 0.3) is 0 Å². The van der Waals surface area contributed by atoms with Gasteiger partial charge in [-0.25, -0.2) is 0 Å². The lowest BCUT2D eigenvalue weighted by molar-refractivity contribution is -0.908. The van der Waals surface area contributed by atoms with Gasteiger partial charge in [0.1, 0.15) is 19.2 Å². The summed E-state index contributed by atoms with van der Waals surface area (Å²) in [7, 11) is 3.22. The van der Waals surface area contributed by atoms with Crippen molar-refractivity contribution in [3.63, 3.8) is 0 Å². The molecule has 1 aromatic heterocycles. The first-order valence-corrected chi connectivity index (χ1v) is 10.5. The van der Waals surface area contributed by atoms with Crippen LogP contribution in [0.1, 0.15) is 23.3 Å². The van der Waals surface area contributed by atoms with Crippen molar-refractivity contribution in [2.24, 2.45) is 0 Å². The Bertz CT molecular complexity index is 745. The van der Waals surface area contributed by atoms with Gasteiger partial charge in [-0.05, 0) is 42.0 Å². The highest BCUT2D eigenvalue weighted by Crippen LogP contribution is 2.27. The average molecular weight is 406 g/mol. The van der Waals surface area contributed by atoms with Crippen molar-refractivity contribution in [2.75, 3.05) is 33.9 Å². The van der Waals surface area contributed by atoms with Crippen LogP contribution in [-0.4, -0.2) is 45.9 Å². The maximum Gasteiger partial charge on any atom is 0.275 e. The molecule has 152 valence electrons. The zero-order valence-corrected chi connectivity index (χ0v) is 17.3. The number of amides is 1. The van der Waals surface area contributed by atoms with Gasteiger partial charge in [-0.15, -0.1) is 11.3 Å². The number of ether oxygens (including phenoxy) is 3. The first-order chi connectivity index (χ1) is 13.7. The molecule has 0 bridgehead atoms. The summed E-state index contributed by atoms with van der Waals surface area (Å²) in [6.45, 7) is 3.45. The molecule has 2 aromatic rings. The minimum absolute atomic E-state index is 0.0411. The number of thiophene rings is 1. The van der Waals surface area contributed by atoms with Crippen molar-refractivity contribution in [3.8, 4) is 11.5 Å². The minimum Gasteiger partial charge on any atom is -0.493 e. The van der Waals surface area contributed by atoms with Crippen LogP contribution in [0.5, 0.6) is 11.5 Å². The SMILES string of the molecule is COc1ccc(CNC(=O)C[NH+](Cc2cccs2)C[C@@H]2CCCO2)cc1OC. The summed E-state index contributed by atoms with van der Waals surface area (Å²) < 4.78 is 16.4. The summed E-state index contributed by atoms with van der Waals surface area (Å²) in [4.78, 5) is 15.1. The highest BCUT2D eigenvalue weighted by molar-refractivity contribution is 7.09. The molecule has 6 nitrogen and oxygen atoms in total. The Labute approximate surface area is 170 Å². The molecule has 0 saturated carbocycles. The monoisotopic (exact) mass is 405 g/mol. The van der Waals surface area contributed by atoms with E-state index in [9.17, 15) is 4.79 Å². The molecule has 1 aromatic carbocycles. The number of carbonyl (C=O) groups excluding carboxylic acids is 1. The highest BCUT2D eigenvalue weighted by atomic mass is 32.1. The van der Waals surface area contributed by atoms with Gasteiger partial charge >= 0.3 is 0 Å². The van der Waals surface area contributed by atoms with Crippen molar-refractivity contribution in [1.82, 2.24) is 5.32 Å². The summed E-state index contributed by atoms with van der Waals surface area (Å²) in [5.74, 6) is 1.39. The van der Waals surface area contributed by atoms with Crippen molar-refractivity contribution in [2.45, 2.75) is 32.0 Å². The molecule has 7 heteroatoms. The van der Waals surface area contributed by atoms with Gasteiger partial charge in [0.25, 0.3) is 5.91 Å². The molecule has 28 heavy (non-hydrogen) atoms. The van der Waals surface area contributed by atoms with E-state index in [1.54, 1.807) is 25.6 Å². The number of hydrogen-bond donors (Lipinski definition) is 2. The zero-order valence-electron chi connectivity index (χ0n) is 16.5. The second-order valence-corrected chi connectivity index (χ2v) is 8.02. The van der Waals surface area contributed by atoms with E-state index in [2.05, 4.69) is 22.8 Å². The van der Waals surface area contributed by atoms with Crippen LogP contribution in [0, 0.1) is 0 Å². The Morgan fingerprint density at radius 3 is 2.82 bits per heavy atom. The second-order valence-electron chi connectivity index (χ2n) is 6.99. The molecule has 1 fully saturated rings. The summed E-state index contributed by atoms with van der Waals surface area (Å²) >= 11 is 1.73. The zero-order chi connectivity index (χ0) is 19.8. The first kappa shape index (κ1) is 20.6. The maximum absolute atomic E-state index is 12.6. The van der Waals surface area contributed by atoms with Gasteiger partial charge in [-0.3, -0.25) is 4.79 Å². The lowest BCUT2D eigenvalue weighted by Gasteiger charge is -2.21. The molecule has 1 saturated heterocycles. The van der Waals surface area contributed by atoms with Crippen LogP contribution in [0.15, 0.2) is 35.7 Å². The van der Waals surface area contributed by atoms with Crippen molar-refractivity contribution >= 4 is 17.2 Å². The van der Waals surface area contributed by atoms with Crippen molar-refractivity contribution < 1.29 is 23.9 Å². The predicted octanol–water partition coefficient (Wildman–Crippen LogP) is 1.65. The number of benzene rings is 1. The first-order valence-electron chi connectivity index (χ1n) is 9.63. The second kappa shape index (κ2) is 10.5. The fourth-order valence-corrected chi connectivity index (χ4v) is 4.25. The van der Waals surface area contributed by atoms with Gasteiger partial charge in [0.05, 0.1) is 19.1 Å². The van der Waals surface area contributed by atoms with Crippen LogP contribution in [0.2, 0.25) is 0 Å². The maximum atomic E-state index is 12.6. The Morgan fingerprint density at radius 1 is 1.29 bits per heavy atom. The Morgan fingerprint density at radius 2 is 2.14 bits per heavy atom. The van der Waals surface area contributed by atoms with Gasteiger partial charge in [0, 0.05) is 13.2 Å². The molecule has 1 amide bonds.